The van der Waals surface area contributed by atoms with E-state index in [2.05, 4.69) is 15.3 Å². The van der Waals surface area contributed by atoms with Crippen LogP contribution >= 0.6 is 0 Å². The highest BCUT2D eigenvalue weighted by Gasteiger charge is 2.27. The molecule has 0 aliphatic heterocycles. The van der Waals surface area contributed by atoms with Crippen molar-refractivity contribution >= 4 is 11.9 Å². The molecule has 1 aromatic rings. The Kier molecular flexibility index (Phi) is 3.32. The van der Waals surface area contributed by atoms with E-state index in [9.17, 15) is 9.59 Å². The monoisotopic (exact) mass is 235 g/mol. The van der Waals surface area contributed by atoms with Crippen LogP contribution in [-0.2, 0) is 9.53 Å². The van der Waals surface area contributed by atoms with Gasteiger partial charge in [0.2, 0.25) is 0 Å². The maximum Gasteiger partial charge on any atom is 0.359 e. The Morgan fingerprint density at radius 2 is 2.24 bits per heavy atom. The summed E-state index contributed by atoms with van der Waals surface area (Å²) in [6.45, 7) is 1.53. The van der Waals surface area contributed by atoms with Crippen LogP contribution in [-0.4, -0.2) is 34.0 Å². The van der Waals surface area contributed by atoms with Gasteiger partial charge in [-0.25, -0.2) is 9.78 Å². The SMILES string of the molecule is C[C@@H](OC(=O)c1cnccn1)C(=O)NC1CC1. The Morgan fingerprint density at radius 3 is 2.82 bits per heavy atom. The van der Waals surface area contributed by atoms with Gasteiger partial charge in [-0.2, -0.15) is 0 Å². The van der Waals surface area contributed by atoms with E-state index in [-0.39, 0.29) is 17.6 Å². The van der Waals surface area contributed by atoms with Gasteiger partial charge in [-0.3, -0.25) is 9.78 Å². The summed E-state index contributed by atoms with van der Waals surface area (Å²) in [7, 11) is 0. The van der Waals surface area contributed by atoms with Crippen LogP contribution in [0.1, 0.15) is 30.3 Å². The molecule has 90 valence electrons. The van der Waals surface area contributed by atoms with Crippen LogP contribution in [0.4, 0.5) is 0 Å². The summed E-state index contributed by atoms with van der Waals surface area (Å²) in [5.41, 5.74) is 0.0959. The van der Waals surface area contributed by atoms with Crippen LogP contribution in [0.3, 0.4) is 0 Å². The van der Waals surface area contributed by atoms with E-state index in [1.165, 1.54) is 25.5 Å². The predicted octanol–water partition coefficient (Wildman–Crippen LogP) is 0.300. The highest BCUT2D eigenvalue weighted by atomic mass is 16.5. The van der Waals surface area contributed by atoms with Crippen LogP contribution in [0, 0.1) is 0 Å². The molecule has 1 aliphatic carbocycles. The van der Waals surface area contributed by atoms with Crippen molar-refractivity contribution in [1.29, 1.82) is 0 Å². The number of carbonyl (C=O) groups is 2. The largest absolute Gasteiger partial charge is 0.448 e. The minimum absolute atomic E-state index is 0.0959. The number of nitrogens with one attached hydrogen (secondary N) is 1. The predicted molar refractivity (Wildman–Crippen MR) is 58.1 cm³/mol. The Morgan fingerprint density at radius 1 is 1.47 bits per heavy atom. The van der Waals surface area contributed by atoms with Crippen molar-refractivity contribution in [3.8, 4) is 0 Å². The van der Waals surface area contributed by atoms with E-state index >= 15 is 0 Å². The summed E-state index contributed by atoms with van der Waals surface area (Å²) >= 11 is 0. The summed E-state index contributed by atoms with van der Waals surface area (Å²) < 4.78 is 4.97. The first-order valence-electron chi connectivity index (χ1n) is 5.44. The van der Waals surface area contributed by atoms with Gasteiger partial charge < -0.3 is 10.1 Å². The maximum atomic E-state index is 11.6. The van der Waals surface area contributed by atoms with Crippen molar-refractivity contribution in [2.24, 2.45) is 0 Å². The fourth-order valence-corrected chi connectivity index (χ4v) is 1.23. The quantitative estimate of drug-likeness (QED) is 0.759. The Labute approximate surface area is 98.4 Å². The molecule has 0 aromatic carbocycles. The molecule has 1 fully saturated rings. The molecule has 1 N–H and O–H groups in total. The van der Waals surface area contributed by atoms with Gasteiger partial charge in [-0.1, -0.05) is 0 Å². The smallest absolute Gasteiger partial charge is 0.359 e. The maximum absolute atomic E-state index is 11.6. The molecule has 0 spiro atoms. The average Bonchev–Trinajstić information content (AvgIpc) is 3.14. The molecule has 0 radical (unpaired) electrons. The lowest BCUT2D eigenvalue weighted by Gasteiger charge is -2.12. The second kappa shape index (κ2) is 4.90. The fraction of sp³-hybridized carbons (Fsp3) is 0.455. The number of aromatic nitrogens is 2. The zero-order chi connectivity index (χ0) is 12.3. The number of carbonyl (C=O) groups excluding carboxylic acids is 2. The molecule has 6 nitrogen and oxygen atoms in total. The van der Waals surface area contributed by atoms with E-state index in [0.717, 1.165) is 12.8 Å². The third kappa shape index (κ3) is 3.24. The van der Waals surface area contributed by atoms with Crippen molar-refractivity contribution in [2.75, 3.05) is 0 Å². The molecule has 1 heterocycles. The van der Waals surface area contributed by atoms with E-state index < -0.39 is 12.1 Å². The Hall–Kier alpha value is -1.98. The number of ether oxygens (including phenoxy) is 1. The average molecular weight is 235 g/mol. The van der Waals surface area contributed by atoms with Gasteiger partial charge in [0, 0.05) is 18.4 Å². The molecule has 17 heavy (non-hydrogen) atoms. The second-order valence-electron chi connectivity index (χ2n) is 3.92. The van der Waals surface area contributed by atoms with Crippen molar-refractivity contribution in [3.63, 3.8) is 0 Å². The first-order valence-corrected chi connectivity index (χ1v) is 5.44. The van der Waals surface area contributed by atoms with Gasteiger partial charge >= 0.3 is 5.97 Å². The molecular weight excluding hydrogens is 222 g/mol. The van der Waals surface area contributed by atoms with Gasteiger partial charge in [0.15, 0.2) is 11.8 Å². The number of esters is 1. The number of hydrogen-bond donors (Lipinski definition) is 1. The third-order valence-electron chi connectivity index (χ3n) is 2.35. The number of amides is 1. The molecule has 1 aromatic heterocycles. The summed E-state index contributed by atoms with van der Waals surface area (Å²) in [6, 6.07) is 0.250. The van der Waals surface area contributed by atoms with E-state index in [1.54, 1.807) is 0 Å². The first-order chi connectivity index (χ1) is 8.16. The van der Waals surface area contributed by atoms with Crippen molar-refractivity contribution in [3.05, 3.63) is 24.3 Å². The van der Waals surface area contributed by atoms with E-state index in [0.29, 0.717) is 0 Å². The summed E-state index contributed by atoms with van der Waals surface area (Å²) in [5.74, 6) is -0.915. The molecule has 2 rings (SSSR count). The zero-order valence-electron chi connectivity index (χ0n) is 9.42. The van der Waals surface area contributed by atoms with Gasteiger partial charge in [-0.15, -0.1) is 0 Å². The van der Waals surface area contributed by atoms with E-state index in [4.69, 9.17) is 4.74 Å². The van der Waals surface area contributed by atoms with Gasteiger partial charge in [0.1, 0.15) is 0 Å². The zero-order valence-corrected chi connectivity index (χ0v) is 9.42. The molecule has 0 bridgehead atoms. The molecule has 0 unspecified atom stereocenters. The van der Waals surface area contributed by atoms with Crippen molar-refractivity contribution in [2.45, 2.75) is 31.9 Å². The number of rotatable bonds is 4. The van der Waals surface area contributed by atoms with Gasteiger partial charge in [-0.05, 0) is 19.8 Å². The minimum Gasteiger partial charge on any atom is -0.448 e. The van der Waals surface area contributed by atoms with Crippen LogP contribution in [0.2, 0.25) is 0 Å². The highest BCUT2D eigenvalue weighted by molar-refractivity contribution is 5.90. The third-order valence-corrected chi connectivity index (χ3v) is 2.35. The molecule has 1 saturated carbocycles. The highest BCUT2D eigenvalue weighted by Crippen LogP contribution is 2.18. The van der Waals surface area contributed by atoms with Gasteiger partial charge in [0.05, 0.1) is 6.20 Å². The van der Waals surface area contributed by atoms with Crippen LogP contribution in [0.5, 0.6) is 0 Å². The van der Waals surface area contributed by atoms with Crippen LogP contribution in [0.25, 0.3) is 0 Å². The molecule has 1 amide bonds. The lowest BCUT2D eigenvalue weighted by atomic mass is 10.3. The van der Waals surface area contributed by atoms with Gasteiger partial charge in [0.25, 0.3) is 5.91 Å². The van der Waals surface area contributed by atoms with Crippen LogP contribution in [0.15, 0.2) is 18.6 Å². The summed E-state index contributed by atoms with van der Waals surface area (Å²) in [5, 5.41) is 2.76. The standard InChI is InChI=1S/C11H13N3O3/c1-7(10(15)14-8-2-3-8)17-11(16)9-6-12-4-5-13-9/h4-8H,2-3H2,1H3,(H,14,15)/t7-/m1/s1. The Bertz CT molecular complexity index is 417. The topological polar surface area (TPSA) is 81.2 Å². The molecule has 1 aliphatic rings. The molecule has 6 heteroatoms. The molecular formula is C11H13N3O3. The van der Waals surface area contributed by atoms with Crippen molar-refractivity contribution < 1.29 is 14.3 Å². The second-order valence-corrected chi connectivity index (χ2v) is 3.92. The molecule has 0 saturated heterocycles. The summed E-state index contributed by atoms with van der Waals surface area (Å²) in [6.07, 6.45) is 5.33. The minimum atomic E-state index is -0.815. The Balaban J connectivity index is 1.87. The van der Waals surface area contributed by atoms with Crippen LogP contribution < -0.4 is 5.32 Å². The number of nitrogens with zero attached hydrogens (tertiary/aromatic N) is 2. The first kappa shape index (κ1) is 11.5. The lowest BCUT2D eigenvalue weighted by Crippen LogP contribution is -2.37. The van der Waals surface area contributed by atoms with Crippen molar-refractivity contribution in [1.82, 2.24) is 15.3 Å². The summed E-state index contributed by atoms with van der Waals surface area (Å²) in [4.78, 5) is 30.6. The number of hydrogen-bond acceptors (Lipinski definition) is 5. The van der Waals surface area contributed by atoms with E-state index in [1.807, 2.05) is 0 Å². The molecule has 1 atom stereocenters. The lowest BCUT2D eigenvalue weighted by molar-refractivity contribution is -0.129. The normalized spacial score (nSPS) is 16.1. The fourth-order valence-electron chi connectivity index (χ4n) is 1.23.